The van der Waals surface area contributed by atoms with Gasteiger partial charge in [0, 0.05) is 26.2 Å². The van der Waals surface area contributed by atoms with E-state index in [-0.39, 0.29) is 44.2 Å². The molecule has 3 aromatic rings. The molecule has 33 heavy (non-hydrogen) atoms. The Kier molecular flexibility index (Phi) is 5.92. The number of benzene rings is 2. The summed E-state index contributed by atoms with van der Waals surface area (Å²) in [6, 6.07) is 9.91. The van der Waals surface area contributed by atoms with Crippen LogP contribution in [0.5, 0.6) is 0 Å². The molecule has 2 aromatic carbocycles. The lowest BCUT2D eigenvalue weighted by Crippen LogP contribution is -2.51. The number of carbonyl (C=O) groups is 2. The van der Waals surface area contributed by atoms with Gasteiger partial charge in [-0.3, -0.25) is 19.0 Å². The van der Waals surface area contributed by atoms with Crippen molar-refractivity contribution in [2.45, 2.75) is 19.6 Å². The Morgan fingerprint density at radius 1 is 0.970 bits per heavy atom. The van der Waals surface area contributed by atoms with Crippen LogP contribution in [0.25, 0.3) is 10.9 Å². The fourth-order valence-corrected chi connectivity index (χ4v) is 3.94. The van der Waals surface area contributed by atoms with Crippen molar-refractivity contribution in [1.29, 1.82) is 0 Å². The molecule has 2 heterocycles. The highest BCUT2D eigenvalue weighted by Gasteiger charge is 2.36. The number of aryl methyl sites for hydroxylation is 1. The van der Waals surface area contributed by atoms with Crippen LogP contribution in [0.3, 0.4) is 0 Å². The lowest BCUT2D eigenvalue weighted by molar-refractivity contribution is -0.138. The highest BCUT2D eigenvalue weighted by atomic mass is 19.4. The Hall–Kier alpha value is -3.69. The Morgan fingerprint density at radius 3 is 2.33 bits per heavy atom. The van der Waals surface area contributed by atoms with Gasteiger partial charge in [0.15, 0.2) is 0 Å². The Morgan fingerprint density at radius 2 is 1.64 bits per heavy atom. The first-order valence-corrected chi connectivity index (χ1v) is 10.3. The third-order valence-corrected chi connectivity index (χ3v) is 5.74. The number of piperazine rings is 1. The number of aromatic nitrogens is 2. The summed E-state index contributed by atoms with van der Waals surface area (Å²) < 4.78 is 41.0. The van der Waals surface area contributed by atoms with Crippen molar-refractivity contribution >= 4 is 22.7 Å². The molecular weight excluding hydrogens is 437 g/mol. The van der Waals surface area contributed by atoms with Gasteiger partial charge in [-0.25, -0.2) is 4.98 Å². The zero-order chi connectivity index (χ0) is 23.8. The zero-order valence-corrected chi connectivity index (χ0v) is 17.8. The van der Waals surface area contributed by atoms with Gasteiger partial charge in [0.1, 0.15) is 6.54 Å². The molecule has 2 amide bonds. The van der Waals surface area contributed by atoms with Gasteiger partial charge in [-0.2, -0.15) is 13.2 Å². The predicted molar refractivity (Wildman–Crippen MR) is 115 cm³/mol. The van der Waals surface area contributed by atoms with Crippen molar-refractivity contribution < 1.29 is 22.8 Å². The Labute approximate surface area is 187 Å². The molecule has 1 fully saturated rings. The monoisotopic (exact) mass is 458 g/mol. The van der Waals surface area contributed by atoms with E-state index >= 15 is 0 Å². The van der Waals surface area contributed by atoms with Gasteiger partial charge in [-0.15, -0.1) is 0 Å². The quantitative estimate of drug-likeness (QED) is 0.605. The van der Waals surface area contributed by atoms with Crippen LogP contribution in [0.15, 0.2) is 53.6 Å². The first kappa shape index (κ1) is 22.5. The van der Waals surface area contributed by atoms with Crippen LogP contribution in [0.1, 0.15) is 21.5 Å². The first-order valence-electron chi connectivity index (χ1n) is 10.3. The first-order chi connectivity index (χ1) is 15.7. The molecule has 0 aliphatic carbocycles. The van der Waals surface area contributed by atoms with E-state index in [2.05, 4.69) is 4.98 Å². The summed E-state index contributed by atoms with van der Waals surface area (Å²) >= 11 is 0. The largest absolute Gasteiger partial charge is 0.417 e. The molecule has 172 valence electrons. The van der Waals surface area contributed by atoms with E-state index in [0.29, 0.717) is 10.9 Å². The molecular formula is C23H21F3N4O3. The lowest BCUT2D eigenvalue weighted by Gasteiger charge is -2.35. The van der Waals surface area contributed by atoms with Crippen LogP contribution in [-0.4, -0.2) is 57.3 Å². The highest BCUT2D eigenvalue weighted by Crippen LogP contribution is 2.32. The Bertz CT molecular complexity index is 1280. The highest BCUT2D eigenvalue weighted by molar-refractivity contribution is 5.96. The van der Waals surface area contributed by atoms with Crippen LogP contribution in [0.2, 0.25) is 0 Å². The maximum absolute atomic E-state index is 13.2. The number of alkyl halides is 3. The normalized spacial score (nSPS) is 14.5. The number of rotatable bonds is 3. The van der Waals surface area contributed by atoms with E-state index in [1.54, 1.807) is 12.1 Å². The SMILES string of the molecule is Cc1cccc2c(=O)n(CC(=O)N3CCN(C(=O)c4ccccc4C(F)(F)F)CC3)cnc12. The van der Waals surface area contributed by atoms with Gasteiger partial charge >= 0.3 is 6.18 Å². The number of nitrogens with zero attached hydrogens (tertiary/aromatic N) is 4. The minimum atomic E-state index is -4.64. The lowest BCUT2D eigenvalue weighted by atomic mass is 10.1. The van der Waals surface area contributed by atoms with Crippen LogP contribution < -0.4 is 5.56 Å². The van der Waals surface area contributed by atoms with E-state index in [4.69, 9.17) is 0 Å². The molecule has 4 rings (SSSR count). The molecule has 1 aliphatic heterocycles. The average Bonchev–Trinajstić information content (AvgIpc) is 2.80. The molecule has 1 aromatic heterocycles. The van der Waals surface area contributed by atoms with Crippen molar-refractivity contribution in [1.82, 2.24) is 19.4 Å². The molecule has 0 radical (unpaired) electrons. The molecule has 0 bridgehead atoms. The van der Waals surface area contributed by atoms with Crippen molar-refractivity contribution in [3.05, 3.63) is 75.8 Å². The van der Waals surface area contributed by atoms with Crippen LogP contribution >= 0.6 is 0 Å². The summed E-state index contributed by atoms with van der Waals surface area (Å²) in [5.74, 6) is -1.05. The predicted octanol–water partition coefficient (Wildman–Crippen LogP) is 2.71. The number of carbonyl (C=O) groups excluding carboxylic acids is 2. The second-order valence-corrected chi connectivity index (χ2v) is 7.87. The maximum Gasteiger partial charge on any atom is 0.417 e. The van der Waals surface area contributed by atoms with E-state index in [1.165, 1.54) is 32.8 Å². The van der Waals surface area contributed by atoms with Crippen molar-refractivity contribution in [3.8, 4) is 0 Å². The standard InChI is InChI=1S/C23H21F3N4O3/c1-15-5-4-7-17-20(15)27-14-30(22(17)33)13-19(31)28-9-11-29(12-10-28)21(32)16-6-2-3-8-18(16)23(24,25)26/h2-8,14H,9-13H2,1H3. The third-order valence-electron chi connectivity index (χ3n) is 5.74. The summed E-state index contributed by atoms with van der Waals surface area (Å²) in [5.41, 5.74) is -0.274. The minimum absolute atomic E-state index is 0.0980. The van der Waals surface area contributed by atoms with Gasteiger partial charge in [0.05, 0.1) is 28.4 Å². The molecule has 1 saturated heterocycles. The summed E-state index contributed by atoms with van der Waals surface area (Å²) in [6.45, 7) is 2.15. The van der Waals surface area contributed by atoms with Gasteiger partial charge in [0.25, 0.3) is 11.5 Å². The molecule has 0 spiro atoms. The van der Waals surface area contributed by atoms with Gasteiger partial charge in [-0.1, -0.05) is 24.3 Å². The molecule has 0 N–H and O–H groups in total. The summed E-state index contributed by atoms with van der Waals surface area (Å²) in [7, 11) is 0. The smallest absolute Gasteiger partial charge is 0.338 e. The third kappa shape index (κ3) is 4.46. The van der Waals surface area contributed by atoms with Crippen LogP contribution in [-0.2, 0) is 17.5 Å². The van der Waals surface area contributed by atoms with Crippen LogP contribution in [0, 0.1) is 6.92 Å². The topological polar surface area (TPSA) is 75.5 Å². The van der Waals surface area contributed by atoms with Gasteiger partial charge in [-0.05, 0) is 30.7 Å². The number of hydrogen-bond acceptors (Lipinski definition) is 4. The molecule has 0 saturated carbocycles. The number of hydrogen-bond donors (Lipinski definition) is 0. The second kappa shape index (κ2) is 8.68. The molecule has 0 atom stereocenters. The Balaban J connectivity index is 1.43. The number of halogens is 3. The number of fused-ring (bicyclic) bond motifs is 1. The van der Waals surface area contributed by atoms with Gasteiger partial charge in [0.2, 0.25) is 5.91 Å². The second-order valence-electron chi connectivity index (χ2n) is 7.87. The zero-order valence-electron chi connectivity index (χ0n) is 17.8. The molecule has 0 unspecified atom stereocenters. The van der Waals surface area contributed by atoms with E-state index < -0.39 is 23.2 Å². The van der Waals surface area contributed by atoms with Crippen molar-refractivity contribution in [2.75, 3.05) is 26.2 Å². The van der Waals surface area contributed by atoms with Crippen LogP contribution in [0.4, 0.5) is 13.2 Å². The number of amides is 2. The minimum Gasteiger partial charge on any atom is -0.338 e. The maximum atomic E-state index is 13.2. The van der Waals surface area contributed by atoms with Gasteiger partial charge < -0.3 is 9.80 Å². The van der Waals surface area contributed by atoms with E-state index in [9.17, 15) is 27.6 Å². The fraction of sp³-hybridized carbons (Fsp3) is 0.304. The van der Waals surface area contributed by atoms with E-state index in [0.717, 1.165) is 17.7 Å². The molecule has 10 heteroatoms. The summed E-state index contributed by atoms with van der Waals surface area (Å²) in [6.07, 6.45) is -3.30. The average molecular weight is 458 g/mol. The summed E-state index contributed by atoms with van der Waals surface area (Å²) in [5, 5.41) is 0.420. The molecule has 1 aliphatic rings. The summed E-state index contributed by atoms with van der Waals surface area (Å²) in [4.78, 5) is 45.2. The van der Waals surface area contributed by atoms with Crippen molar-refractivity contribution in [2.24, 2.45) is 0 Å². The molecule has 7 nitrogen and oxygen atoms in total. The number of para-hydroxylation sites is 1. The van der Waals surface area contributed by atoms with E-state index in [1.807, 2.05) is 13.0 Å². The van der Waals surface area contributed by atoms with Crippen molar-refractivity contribution in [3.63, 3.8) is 0 Å². The fourth-order valence-electron chi connectivity index (χ4n) is 3.94.